The van der Waals surface area contributed by atoms with E-state index in [1.54, 1.807) is 27.8 Å². The maximum absolute atomic E-state index is 12.9. The number of rotatable bonds is 6. The van der Waals surface area contributed by atoms with Gasteiger partial charge in [-0.2, -0.15) is 4.31 Å². The molecule has 1 saturated heterocycles. The van der Waals surface area contributed by atoms with E-state index in [1.807, 2.05) is 12.1 Å². The molecule has 0 amide bonds. The van der Waals surface area contributed by atoms with Gasteiger partial charge in [0.2, 0.25) is 10.0 Å². The van der Waals surface area contributed by atoms with E-state index in [0.29, 0.717) is 36.4 Å². The van der Waals surface area contributed by atoms with Crippen molar-refractivity contribution in [3.8, 4) is 0 Å². The Bertz CT molecular complexity index is 1110. The van der Waals surface area contributed by atoms with Crippen molar-refractivity contribution in [1.82, 2.24) is 9.29 Å². The molecule has 0 unspecified atom stereocenters. The summed E-state index contributed by atoms with van der Waals surface area (Å²) < 4.78 is 27.5. The summed E-state index contributed by atoms with van der Waals surface area (Å²) in [6.45, 7) is 4.33. The molecule has 2 aromatic carbocycles. The van der Waals surface area contributed by atoms with Crippen molar-refractivity contribution < 1.29 is 8.42 Å². The standard InChI is InChI=1S/C22H24BrN3O2S2/c1-17-3-2-4-19(13-17)14-20-16-29-22(24-20)25-9-11-26(12-10-25)30(27,28)21-7-5-18(15-23)6-8-21/h2-8,13,16H,9-12,14-15H2,1H3. The lowest BCUT2D eigenvalue weighted by Gasteiger charge is -2.33. The zero-order valence-corrected chi connectivity index (χ0v) is 20.0. The summed E-state index contributed by atoms with van der Waals surface area (Å²) in [6, 6.07) is 15.6. The van der Waals surface area contributed by atoms with Gasteiger partial charge in [0, 0.05) is 43.3 Å². The van der Waals surface area contributed by atoms with Crippen LogP contribution < -0.4 is 4.90 Å². The summed E-state index contributed by atoms with van der Waals surface area (Å²) in [7, 11) is -3.46. The molecule has 0 aliphatic carbocycles. The normalized spacial score (nSPS) is 15.5. The maximum atomic E-state index is 12.9. The Morgan fingerprint density at radius 1 is 1.03 bits per heavy atom. The van der Waals surface area contributed by atoms with E-state index >= 15 is 0 Å². The van der Waals surface area contributed by atoms with Crippen molar-refractivity contribution in [3.05, 3.63) is 76.3 Å². The highest BCUT2D eigenvalue weighted by molar-refractivity contribution is 9.08. The number of alkyl halides is 1. The quantitative estimate of drug-likeness (QED) is 0.464. The molecule has 0 bridgehead atoms. The molecule has 1 fully saturated rings. The lowest BCUT2D eigenvalue weighted by Crippen LogP contribution is -2.48. The van der Waals surface area contributed by atoms with Gasteiger partial charge < -0.3 is 4.90 Å². The highest BCUT2D eigenvalue weighted by Crippen LogP contribution is 2.25. The van der Waals surface area contributed by atoms with Gasteiger partial charge in [-0.3, -0.25) is 0 Å². The Balaban J connectivity index is 1.39. The van der Waals surface area contributed by atoms with Crippen LogP contribution in [-0.2, 0) is 21.8 Å². The van der Waals surface area contributed by atoms with Crippen LogP contribution in [-0.4, -0.2) is 43.9 Å². The fourth-order valence-corrected chi connectivity index (χ4v) is 6.25. The first-order valence-electron chi connectivity index (χ1n) is 9.85. The molecule has 0 spiro atoms. The lowest BCUT2D eigenvalue weighted by atomic mass is 10.1. The van der Waals surface area contributed by atoms with Gasteiger partial charge in [-0.05, 0) is 30.2 Å². The summed E-state index contributed by atoms with van der Waals surface area (Å²) >= 11 is 5.02. The van der Waals surface area contributed by atoms with E-state index in [9.17, 15) is 8.42 Å². The van der Waals surface area contributed by atoms with Gasteiger partial charge >= 0.3 is 0 Å². The summed E-state index contributed by atoms with van der Waals surface area (Å²) in [5.74, 6) is 0. The highest BCUT2D eigenvalue weighted by atomic mass is 79.9. The Labute approximate surface area is 190 Å². The highest BCUT2D eigenvalue weighted by Gasteiger charge is 2.29. The van der Waals surface area contributed by atoms with Gasteiger partial charge in [0.1, 0.15) is 0 Å². The molecule has 3 aromatic rings. The summed E-state index contributed by atoms with van der Waals surface area (Å²) in [5, 5.41) is 3.79. The summed E-state index contributed by atoms with van der Waals surface area (Å²) in [5.41, 5.74) is 4.63. The van der Waals surface area contributed by atoms with Gasteiger partial charge in [-0.1, -0.05) is 57.9 Å². The van der Waals surface area contributed by atoms with E-state index < -0.39 is 10.0 Å². The van der Waals surface area contributed by atoms with Crippen LogP contribution in [0.25, 0.3) is 0 Å². The minimum absolute atomic E-state index is 0.357. The van der Waals surface area contributed by atoms with Crippen LogP contribution in [0.4, 0.5) is 5.13 Å². The SMILES string of the molecule is Cc1cccc(Cc2csc(N3CCN(S(=O)(=O)c4ccc(CBr)cc4)CC3)n2)c1. The van der Waals surface area contributed by atoms with Crippen molar-refractivity contribution >= 4 is 42.4 Å². The fraction of sp³-hybridized carbons (Fsp3) is 0.318. The van der Waals surface area contributed by atoms with Gasteiger partial charge in [-0.15, -0.1) is 11.3 Å². The van der Waals surface area contributed by atoms with Crippen molar-refractivity contribution in [2.24, 2.45) is 0 Å². The first kappa shape index (κ1) is 21.5. The van der Waals surface area contributed by atoms with Crippen LogP contribution in [0.15, 0.2) is 58.8 Å². The zero-order valence-electron chi connectivity index (χ0n) is 16.8. The monoisotopic (exact) mass is 505 g/mol. The van der Waals surface area contributed by atoms with Crippen LogP contribution in [0.3, 0.4) is 0 Å². The third-order valence-electron chi connectivity index (χ3n) is 5.23. The number of hydrogen-bond donors (Lipinski definition) is 0. The summed E-state index contributed by atoms with van der Waals surface area (Å²) in [6.07, 6.45) is 0.816. The molecule has 0 atom stereocenters. The zero-order chi connectivity index (χ0) is 21.1. The maximum Gasteiger partial charge on any atom is 0.243 e. The second-order valence-corrected chi connectivity index (χ2v) is 10.8. The number of sulfonamides is 1. The molecule has 0 N–H and O–H groups in total. The van der Waals surface area contributed by atoms with Crippen molar-refractivity contribution in [2.45, 2.75) is 23.6 Å². The van der Waals surface area contributed by atoms with E-state index in [4.69, 9.17) is 4.98 Å². The van der Waals surface area contributed by atoms with Crippen LogP contribution in [0.5, 0.6) is 0 Å². The lowest BCUT2D eigenvalue weighted by molar-refractivity contribution is 0.384. The number of hydrogen-bond acceptors (Lipinski definition) is 5. The smallest absolute Gasteiger partial charge is 0.243 e. The number of halogens is 1. The minimum atomic E-state index is -3.46. The number of anilines is 1. The molecule has 1 aromatic heterocycles. The first-order valence-corrected chi connectivity index (χ1v) is 13.3. The molecule has 30 heavy (non-hydrogen) atoms. The molecular formula is C22H24BrN3O2S2. The van der Waals surface area contributed by atoms with Crippen molar-refractivity contribution in [1.29, 1.82) is 0 Å². The molecule has 0 saturated carbocycles. The van der Waals surface area contributed by atoms with Crippen molar-refractivity contribution in [2.75, 3.05) is 31.1 Å². The largest absolute Gasteiger partial charge is 0.345 e. The van der Waals surface area contributed by atoms with E-state index in [0.717, 1.165) is 22.8 Å². The molecule has 1 aliphatic heterocycles. The van der Waals surface area contributed by atoms with Gasteiger partial charge in [0.15, 0.2) is 5.13 Å². The predicted molar refractivity (Wildman–Crippen MR) is 126 cm³/mol. The van der Waals surface area contributed by atoms with Crippen molar-refractivity contribution in [3.63, 3.8) is 0 Å². The van der Waals surface area contributed by atoms with Gasteiger partial charge in [0.25, 0.3) is 0 Å². The molecular weight excluding hydrogens is 482 g/mol. The van der Waals surface area contributed by atoms with Crippen LogP contribution in [0.2, 0.25) is 0 Å². The molecule has 8 heteroatoms. The average molecular weight is 506 g/mol. The topological polar surface area (TPSA) is 53.5 Å². The Morgan fingerprint density at radius 2 is 1.77 bits per heavy atom. The molecule has 1 aliphatic rings. The second-order valence-electron chi connectivity index (χ2n) is 7.46. The third-order valence-corrected chi connectivity index (χ3v) is 8.74. The molecule has 158 valence electrons. The van der Waals surface area contributed by atoms with Gasteiger partial charge in [0.05, 0.1) is 10.6 Å². The minimum Gasteiger partial charge on any atom is -0.345 e. The Kier molecular flexibility index (Phi) is 6.57. The molecule has 2 heterocycles. The average Bonchev–Trinajstić information content (AvgIpc) is 3.22. The number of aromatic nitrogens is 1. The number of thiazole rings is 1. The summed E-state index contributed by atoms with van der Waals surface area (Å²) in [4.78, 5) is 7.34. The van der Waals surface area contributed by atoms with E-state index in [1.165, 1.54) is 11.1 Å². The van der Waals surface area contributed by atoms with E-state index in [-0.39, 0.29) is 0 Å². The number of aryl methyl sites for hydroxylation is 1. The third kappa shape index (κ3) is 4.77. The van der Waals surface area contributed by atoms with Crippen LogP contribution in [0, 0.1) is 6.92 Å². The Morgan fingerprint density at radius 3 is 2.43 bits per heavy atom. The number of piperazine rings is 1. The van der Waals surface area contributed by atoms with E-state index in [2.05, 4.69) is 57.4 Å². The predicted octanol–water partition coefficient (Wildman–Crippen LogP) is 4.45. The Hall–Kier alpha value is -1.74. The first-order chi connectivity index (χ1) is 14.5. The molecule has 4 rings (SSSR count). The number of benzene rings is 2. The van der Waals surface area contributed by atoms with Gasteiger partial charge in [-0.25, -0.2) is 13.4 Å². The fourth-order valence-electron chi connectivity index (χ4n) is 3.57. The number of nitrogens with zero attached hydrogens (tertiary/aromatic N) is 3. The van der Waals surface area contributed by atoms with Crippen LogP contribution >= 0.6 is 27.3 Å². The van der Waals surface area contributed by atoms with Crippen LogP contribution in [0.1, 0.15) is 22.4 Å². The second kappa shape index (κ2) is 9.18. The molecule has 5 nitrogen and oxygen atoms in total. The molecule has 0 radical (unpaired) electrons.